The number of carbonyl (C=O) groups excluding carboxylic acids is 2. The lowest BCUT2D eigenvalue weighted by Crippen LogP contribution is -2.61. The number of carbonyl (C=O) groups is 2. The molecular formula is C26H32N4O5S. The Labute approximate surface area is 212 Å². The fraction of sp³-hybridized carbons (Fsp3) is 0.385. The van der Waals surface area contributed by atoms with E-state index in [9.17, 15) is 18.0 Å². The number of likely N-dealkylation sites (tertiary alicyclic amines) is 1. The van der Waals surface area contributed by atoms with Gasteiger partial charge in [0.1, 0.15) is 13.2 Å². The van der Waals surface area contributed by atoms with Crippen molar-refractivity contribution in [3.63, 3.8) is 0 Å². The van der Waals surface area contributed by atoms with Crippen LogP contribution >= 0.6 is 0 Å². The van der Waals surface area contributed by atoms with E-state index in [0.29, 0.717) is 25.9 Å². The van der Waals surface area contributed by atoms with E-state index in [1.807, 2.05) is 48.5 Å². The Morgan fingerprint density at radius 1 is 0.972 bits per heavy atom. The highest BCUT2D eigenvalue weighted by Gasteiger charge is 2.40. The zero-order valence-electron chi connectivity index (χ0n) is 20.4. The van der Waals surface area contributed by atoms with Crippen LogP contribution in [-0.2, 0) is 32.7 Å². The summed E-state index contributed by atoms with van der Waals surface area (Å²) in [4.78, 5) is 30.3. The molecule has 0 unspecified atom stereocenters. The predicted octanol–water partition coefficient (Wildman–Crippen LogP) is 2.52. The minimum absolute atomic E-state index is 0.114. The van der Waals surface area contributed by atoms with Gasteiger partial charge in [-0.2, -0.15) is 0 Å². The fourth-order valence-electron chi connectivity index (χ4n) is 4.59. The van der Waals surface area contributed by atoms with Crippen molar-refractivity contribution in [3.8, 4) is 0 Å². The molecule has 0 aliphatic carbocycles. The summed E-state index contributed by atoms with van der Waals surface area (Å²) in [6, 6.07) is 19.4. The number of nitrogens with zero attached hydrogens (tertiary/aromatic N) is 3. The van der Waals surface area contributed by atoms with Crippen LogP contribution < -0.4 is 4.72 Å². The van der Waals surface area contributed by atoms with E-state index in [4.69, 9.17) is 4.74 Å². The largest absolute Gasteiger partial charge is 0.444 e. The van der Waals surface area contributed by atoms with Crippen LogP contribution in [0.3, 0.4) is 0 Å². The smallest absolute Gasteiger partial charge is 0.414 e. The summed E-state index contributed by atoms with van der Waals surface area (Å²) in [5, 5.41) is 0. The van der Waals surface area contributed by atoms with Gasteiger partial charge in [-0.15, -0.1) is 0 Å². The van der Waals surface area contributed by atoms with Crippen molar-refractivity contribution >= 4 is 22.0 Å². The van der Waals surface area contributed by atoms with Crippen LogP contribution in [0.1, 0.15) is 24.0 Å². The Bertz CT molecular complexity index is 1180. The summed E-state index contributed by atoms with van der Waals surface area (Å²) < 4.78 is 32.6. The van der Waals surface area contributed by atoms with Crippen LogP contribution in [0.5, 0.6) is 0 Å². The van der Waals surface area contributed by atoms with Gasteiger partial charge in [-0.05, 0) is 24.0 Å². The molecule has 0 spiro atoms. The molecule has 2 aliphatic rings. The van der Waals surface area contributed by atoms with Crippen molar-refractivity contribution in [1.29, 1.82) is 0 Å². The number of rotatable bonds is 8. The molecule has 2 aromatic rings. The minimum Gasteiger partial charge on any atom is -0.444 e. The molecule has 2 aliphatic heterocycles. The third kappa shape index (κ3) is 7.16. The van der Waals surface area contributed by atoms with Crippen LogP contribution in [-0.4, -0.2) is 73.1 Å². The minimum atomic E-state index is -3.50. The number of benzene rings is 2. The van der Waals surface area contributed by atoms with Crippen molar-refractivity contribution in [2.75, 3.05) is 32.4 Å². The summed E-state index contributed by atoms with van der Waals surface area (Å²) in [6.45, 7) is 2.32. The molecule has 1 N–H and O–H groups in total. The molecule has 0 aromatic heterocycles. The van der Waals surface area contributed by atoms with Crippen LogP contribution in [0.4, 0.5) is 4.79 Å². The third-order valence-electron chi connectivity index (χ3n) is 6.43. The lowest BCUT2D eigenvalue weighted by atomic mass is 9.87. The Hall–Kier alpha value is -3.21. The number of hydrogen-bond donors (Lipinski definition) is 1. The number of amides is 2. The van der Waals surface area contributed by atoms with E-state index < -0.39 is 21.7 Å². The highest BCUT2D eigenvalue weighted by Crippen LogP contribution is 2.27. The molecule has 0 atom stereocenters. The van der Waals surface area contributed by atoms with Crippen LogP contribution in [0.2, 0.25) is 0 Å². The summed E-state index contributed by atoms with van der Waals surface area (Å²) >= 11 is 0. The topological polar surface area (TPSA) is 99.3 Å². The first-order chi connectivity index (χ1) is 17.2. The Kier molecular flexibility index (Phi) is 8.07. The maximum absolute atomic E-state index is 12.9. The highest BCUT2D eigenvalue weighted by atomic mass is 32.2. The second kappa shape index (κ2) is 11.2. The predicted molar refractivity (Wildman–Crippen MR) is 136 cm³/mol. The van der Waals surface area contributed by atoms with Gasteiger partial charge in [-0.25, -0.2) is 17.9 Å². The first-order valence-electron chi connectivity index (χ1n) is 11.9. The summed E-state index contributed by atoms with van der Waals surface area (Å²) in [6.07, 6.45) is 4.69. The molecule has 10 heteroatoms. The van der Waals surface area contributed by atoms with Gasteiger partial charge < -0.3 is 9.64 Å². The second-order valence-electron chi connectivity index (χ2n) is 9.40. The van der Waals surface area contributed by atoms with Gasteiger partial charge in [0.05, 0.1) is 11.8 Å². The van der Waals surface area contributed by atoms with Crippen molar-refractivity contribution in [3.05, 3.63) is 84.2 Å². The zero-order valence-corrected chi connectivity index (χ0v) is 21.2. The molecule has 2 aromatic carbocycles. The fourth-order valence-corrected chi connectivity index (χ4v) is 5.65. The molecule has 0 bridgehead atoms. The molecule has 1 saturated heterocycles. The second-order valence-corrected chi connectivity index (χ2v) is 11.2. The van der Waals surface area contributed by atoms with Crippen molar-refractivity contribution in [1.82, 2.24) is 19.4 Å². The Morgan fingerprint density at radius 3 is 2.17 bits per heavy atom. The molecule has 36 heavy (non-hydrogen) atoms. The first kappa shape index (κ1) is 25.9. The SMILES string of the molecule is CS(=O)(=O)NC1(CN2C=CN(C(=O)OCc3ccccc3)CC2=O)CCN(Cc2ccccc2)CC1. The molecule has 9 nitrogen and oxygen atoms in total. The Balaban J connectivity index is 1.37. The van der Waals surface area contributed by atoms with Gasteiger partial charge in [0.2, 0.25) is 15.9 Å². The van der Waals surface area contributed by atoms with E-state index in [1.165, 1.54) is 27.8 Å². The number of ether oxygens (including phenoxy) is 1. The lowest BCUT2D eigenvalue weighted by molar-refractivity contribution is -0.131. The summed E-state index contributed by atoms with van der Waals surface area (Å²) in [5.41, 5.74) is 1.28. The van der Waals surface area contributed by atoms with Gasteiger partial charge in [-0.1, -0.05) is 60.7 Å². The number of sulfonamides is 1. The van der Waals surface area contributed by atoms with Gasteiger partial charge in [0, 0.05) is 38.6 Å². The maximum atomic E-state index is 12.9. The zero-order chi connectivity index (χ0) is 25.6. The molecule has 0 saturated carbocycles. The van der Waals surface area contributed by atoms with Gasteiger partial charge in [0.15, 0.2) is 0 Å². The number of hydrogen-bond acceptors (Lipinski definition) is 6. The highest BCUT2D eigenvalue weighted by molar-refractivity contribution is 7.88. The van der Waals surface area contributed by atoms with Gasteiger partial charge >= 0.3 is 6.09 Å². The van der Waals surface area contributed by atoms with Gasteiger partial charge in [-0.3, -0.25) is 14.6 Å². The number of nitrogens with one attached hydrogen (secondary N) is 1. The molecule has 0 radical (unpaired) electrons. The average molecular weight is 513 g/mol. The molecule has 1 fully saturated rings. The van der Waals surface area contributed by atoms with E-state index in [0.717, 1.165) is 18.4 Å². The van der Waals surface area contributed by atoms with E-state index in [-0.39, 0.29) is 25.6 Å². The maximum Gasteiger partial charge on any atom is 0.414 e. The van der Waals surface area contributed by atoms with Crippen LogP contribution in [0, 0.1) is 0 Å². The monoisotopic (exact) mass is 512 g/mol. The third-order valence-corrected chi connectivity index (χ3v) is 7.23. The Morgan fingerprint density at radius 2 is 1.58 bits per heavy atom. The van der Waals surface area contributed by atoms with E-state index >= 15 is 0 Å². The van der Waals surface area contributed by atoms with Crippen molar-refractivity contribution in [2.24, 2.45) is 0 Å². The molecule has 2 amide bonds. The average Bonchev–Trinajstić information content (AvgIpc) is 2.85. The summed E-state index contributed by atoms with van der Waals surface area (Å²) in [5.74, 6) is -0.296. The lowest BCUT2D eigenvalue weighted by Gasteiger charge is -2.44. The first-order valence-corrected chi connectivity index (χ1v) is 13.8. The van der Waals surface area contributed by atoms with E-state index in [1.54, 1.807) is 0 Å². The van der Waals surface area contributed by atoms with Crippen molar-refractivity contribution < 1.29 is 22.7 Å². The molecular weight excluding hydrogens is 480 g/mol. The quantitative estimate of drug-likeness (QED) is 0.584. The molecule has 192 valence electrons. The van der Waals surface area contributed by atoms with Gasteiger partial charge in [0.25, 0.3) is 0 Å². The van der Waals surface area contributed by atoms with Crippen molar-refractivity contribution in [2.45, 2.75) is 31.5 Å². The molecule has 2 heterocycles. The standard InChI is InChI=1S/C26H32N4O5S/c1-36(33,34)27-26(12-14-28(15-13-26)18-22-8-4-2-5-9-22)21-30-17-16-29(19-24(30)31)25(32)35-20-23-10-6-3-7-11-23/h2-11,16-17,27H,12-15,18-21H2,1H3. The van der Waals surface area contributed by atoms with Crippen LogP contribution in [0.15, 0.2) is 73.1 Å². The molecule has 4 rings (SSSR count). The number of piperidine rings is 1. The van der Waals surface area contributed by atoms with Crippen LogP contribution in [0.25, 0.3) is 0 Å². The summed E-state index contributed by atoms with van der Waals surface area (Å²) in [7, 11) is -3.50. The normalized spacial score (nSPS) is 18.3. The van der Waals surface area contributed by atoms with E-state index in [2.05, 4.69) is 21.8 Å².